The molecule has 0 radical (unpaired) electrons. The Morgan fingerprint density at radius 1 is 1.28 bits per heavy atom. The van der Waals surface area contributed by atoms with Crippen LogP contribution in [0.1, 0.15) is 60.8 Å². The summed E-state index contributed by atoms with van der Waals surface area (Å²) in [6.07, 6.45) is 0.401. The molecule has 168 valence electrons. The van der Waals surface area contributed by atoms with E-state index < -0.39 is 25.1 Å². The third-order valence-electron chi connectivity index (χ3n) is 4.23. The third-order valence-corrected chi connectivity index (χ3v) is 5.88. The SMILES string of the molecule is CCOP(=O)(OCC)OCCCN(C(=O)OC(C)(C)C)[C@]1(C#N)CCO[C@@H](C)C1. The molecule has 0 aliphatic carbocycles. The summed E-state index contributed by atoms with van der Waals surface area (Å²) < 4.78 is 39.0. The van der Waals surface area contributed by atoms with E-state index in [2.05, 4.69) is 6.07 Å². The van der Waals surface area contributed by atoms with Crippen LogP contribution < -0.4 is 0 Å². The summed E-state index contributed by atoms with van der Waals surface area (Å²) in [6.45, 7) is 11.6. The molecule has 10 heteroatoms. The summed E-state index contributed by atoms with van der Waals surface area (Å²) in [5, 5.41) is 9.93. The molecule has 2 atom stereocenters. The van der Waals surface area contributed by atoms with Gasteiger partial charge in [0, 0.05) is 19.4 Å². The zero-order valence-corrected chi connectivity index (χ0v) is 19.3. The Labute approximate surface area is 174 Å². The zero-order valence-electron chi connectivity index (χ0n) is 18.4. The molecule has 1 rings (SSSR count). The Morgan fingerprint density at radius 3 is 2.38 bits per heavy atom. The molecular formula is C19H35N2O7P. The molecule has 0 unspecified atom stereocenters. The van der Waals surface area contributed by atoms with Crippen LogP contribution in [0.15, 0.2) is 0 Å². The molecule has 1 saturated heterocycles. The molecule has 0 aromatic rings. The van der Waals surface area contributed by atoms with Gasteiger partial charge in [-0.25, -0.2) is 9.36 Å². The fourth-order valence-corrected chi connectivity index (χ4v) is 4.31. The molecule has 1 fully saturated rings. The van der Waals surface area contributed by atoms with Gasteiger partial charge in [-0.1, -0.05) is 0 Å². The fraction of sp³-hybridized carbons (Fsp3) is 0.895. The summed E-state index contributed by atoms with van der Waals surface area (Å²) >= 11 is 0. The maximum absolute atomic E-state index is 12.9. The predicted molar refractivity (Wildman–Crippen MR) is 107 cm³/mol. The van der Waals surface area contributed by atoms with Crippen molar-refractivity contribution in [2.75, 3.05) is 33.0 Å². The molecule has 0 saturated carbocycles. The third kappa shape index (κ3) is 8.23. The number of phosphoric acid groups is 1. The first-order valence-corrected chi connectivity index (χ1v) is 11.5. The first kappa shape index (κ1) is 25.9. The van der Waals surface area contributed by atoms with Crippen LogP contribution in [0, 0.1) is 11.3 Å². The smallest absolute Gasteiger partial charge is 0.444 e. The van der Waals surface area contributed by atoms with Crippen LogP contribution >= 0.6 is 7.82 Å². The summed E-state index contributed by atoms with van der Waals surface area (Å²) in [5.74, 6) is 0. The van der Waals surface area contributed by atoms with E-state index in [0.29, 0.717) is 25.9 Å². The number of carbonyl (C=O) groups excluding carboxylic acids is 1. The van der Waals surface area contributed by atoms with E-state index in [0.717, 1.165) is 0 Å². The lowest BCUT2D eigenvalue weighted by Gasteiger charge is -2.43. The Balaban J connectivity index is 2.88. The number of nitrogens with zero attached hydrogens (tertiary/aromatic N) is 2. The summed E-state index contributed by atoms with van der Waals surface area (Å²) in [4.78, 5) is 14.3. The average molecular weight is 434 g/mol. The Morgan fingerprint density at radius 2 is 1.90 bits per heavy atom. The van der Waals surface area contributed by atoms with Crippen LogP contribution in [-0.2, 0) is 27.6 Å². The summed E-state index contributed by atoms with van der Waals surface area (Å²) in [7, 11) is -3.62. The van der Waals surface area contributed by atoms with E-state index in [9.17, 15) is 14.6 Å². The fourth-order valence-electron chi connectivity index (χ4n) is 3.10. The summed E-state index contributed by atoms with van der Waals surface area (Å²) in [5.41, 5.74) is -1.72. The minimum atomic E-state index is -3.62. The lowest BCUT2D eigenvalue weighted by atomic mass is 9.86. The number of rotatable bonds is 10. The van der Waals surface area contributed by atoms with Gasteiger partial charge in [0.25, 0.3) is 0 Å². The van der Waals surface area contributed by atoms with Gasteiger partial charge in [0.2, 0.25) is 0 Å². The quantitative estimate of drug-likeness (QED) is 0.370. The van der Waals surface area contributed by atoms with Gasteiger partial charge < -0.3 is 9.47 Å². The standard InChI is InChI=1S/C19H35N2O7P/c1-7-25-29(23,26-8-2)27-12-9-11-21(17(22)28-18(4,5)6)19(15-20)10-13-24-16(3)14-19/h16H,7-14H2,1-6H3/t16-,19+/m0/s1. The van der Waals surface area contributed by atoms with Gasteiger partial charge in [-0.3, -0.25) is 18.5 Å². The Kier molecular flexibility index (Phi) is 10.1. The van der Waals surface area contributed by atoms with Crippen molar-refractivity contribution in [1.82, 2.24) is 4.90 Å². The van der Waals surface area contributed by atoms with Gasteiger partial charge in [-0.2, -0.15) is 5.26 Å². The predicted octanol–water partition coefficient (Wildman–Crippen LogP) is 4.27. The van der Waals surface area contributed by atoms with E-state index in [4.69, 9.17) is 23.0 Å². The number of hydrogen-bond acceptors (Lipinski definition) is 8. The normalized spacial score (nSPS) is 22.7. The molecule has 29 heavy (non-hydrogen) atoms. The molecule has 1 aliphatic heterocycles. The van der Waals surface area contributed by atoms with E-state index in [1.807, 2.05) is 6.92 Å². The maximum atomic E-state index is 12.9. The first-order chi connectivity index (χ1) is 13.5. The highest BCUT2D eigenvalue weighted by atomic mass is 31.2. The van der Waals surface area contributed by atoms with Crippen molar-refractivity contribution in [3.63, 3.8) is 0 Å². The molecule has 1 aliphatic rings. The molecular weight excluding hydrogens is 399 g/mol. The second-order valence-corrected chi connectivity index (χ2v) is 9.55. The monoisotopic (exact) mass is 434 g/mol. The van der Waals surface area contributed by atoms with Crippen molar-refractivity contribution in [3.8, 4) is 6.07 Å². The number of hydrogen-bond donors (Lipinski definition) is 0. The lowest BCUT2D eigenvalue weighted by molar-refractivity contribution is -0.0532. The van der Waals surface area contributed by atoms with E-state index in [1.165, 1.54) is 4.90 Å². The second kappa shape index (κ2) is 11.3. The van der Waals surface area contributed by atoms with Crippen LogP contribution in [0.4, 0.5) is 4.79 Å². The zero-order chi connectivity index (χ0) is 22.1. The van der Waals surface area contributed by atoms with Crippen LogP contribution in [0.3, 0.4) is 0 Å². The van der Waals surface area contributed by atoms with E-state index in [-0.39, 0.29) is 32.5 Å². The van der Waals surface area contributed by atoms with Crippen molar-refractivity contribution in [2.24, 2.45) is 0 Å². The number of nitriles is 1. The van der Waals surface area contributed by atoms with Crippen LogP contribution in [-0.4, -0.2) is 61.2 Å². The van der Waals surface area contributed by atoms with Gasteiger partial charge in [0.1, 0.15) is 11.1 Å². The van der Waals surface area contributed by atoms with Crippen molar-refractivity contribution in [2.45, 2.75) is 78.0 Å². The lowest BCUT2D eigenvalue weighted by Crippen LogP contribution is -2.56. The molecule has 0 aromatic carbocycles. The molecule has 1 amide bonds. The highest BCUT2D eigenvalue weighted by Gasteiger charge is 2.45. The average Bonchev–Trinajstić information content (AvgIpc) is 2.60. The summed E-state index contributed by atoms with van der Waals surface area (Å²) in [6, 6.07) is 2.31. The van der Waals surface area contributed by atoms with Crippen LogP contribution in [0.5, 0.6) is 0 Å². The molecule has 0 aromatic heterocycles. The van der Waals surface area contributed by atoms with Gasteiger partial charge in [-0.15, -0.1) is 0 Å². The van der Waals surface area contributed by atoms with E-state index >= 15 is 0 Å². The largest absolute Gasteiger partial charge is 0.474 e. The first-order valence-electron chi connectivity index (χ1n) is 10.1. The van der Waals surface area contributed by atoms with Crippen LogP contribution in [0.2, 0.25) is 0 Å². The van der Waals surface area contributed by atoms with E-state index in [1.54, 1.807) is 34.6 Å². The maximum Gasteiger partial charge on any atom is 0.474 e. The van der Waals surface area contributed by atoms with Crippen molar-refractivity contribution < 1.29 is 32.4 Å². The molecule has 1 heterocycles. The topological polar surface area (TPSA) is 107 Å². The number of carbonyl (C=O) groups is 1. The Bertz CT molecular complexity index is 607. The minimum Gasteiger partial charge on any atom is -0.444 e. The van der Waals surface area contributed by atoms with Crippen molar-refractivity contribution in [1.29, 1.82) is 5.26 Å². The van der Waals surface area contributed by atoms with Gasteiger partial charge in [-0.05, 0) is 48.0 Å². The molecule has 0 N–H and O–H groups in total. The van der Waals surface area contributed by atoms with Gasteiger partial charge in [0.05, 0.1) is 38.6 Å². The van der Waals surface area contributed by atoms with Gasteiger partial charge in [0.15, 0.2) is 0 Å². The van der Waals surface area contributed by atoms with Gasteiger partial charge >= 0.3 is 13.9 Å². The molecule has 0 spiro atoms. The number of amides is 1. The highest BCUT2D eigenvalue weighted by Crippen LogP contribution is 2.49. The second-order valence-electron chi connectivity index (χ2n) is 7.88. The number of ether oxygens (including phenoxy) is 2. The highest BCUT2D eigenvalue weighted by molar-refractivity contribution is 7.48. The minimum absolute atomic E-state index is 0.0458. The molecule has 9 nitrogen and oxygen atoms in total. The molecule has 0 bridgehead atoms. The van der Waals surface area contributed by atoms with Crippen molar-refractivity contribution in [3.05, 3.63) is 0 Å². The number of phosphoric ester groups is 1. The Hall–Kier alpha value is -1.17. The van der Waals surface area contributed by atoms with Crippen molar-refractivity contribution >= 4 is 13.9 Å². The van der Waals surface area contributed by atoms with Crippen LogP contribution in [0.25, 0.3) is 0 Å².